The molecule has 1 amide bonds. The molecule has 2 rings (SSSR count). The van der Waals surface area contributed by atoms with Crippen LogP contribution in [0, 0.1) is 24.2 Å². The number of aryl methyl sites for hydroxylation is 1. The van der Waals surface area contributed by atoms with Crippen LogP contribution in [0.2, 0.25) is 5.02 Å². The number of furan rings is 1. The zero-order valence-electron chi connectivity index (χ0n) is 14.5. The van der Waals surface area contributed by atoms with Gasteiger partial charge in [0.1, 0.15) is 5.54 Å². The van der Waals surface area contributed by atoms with Crippen molar-refractivity contribution in [3.8, 4) is 6.07 Å². The third-order valence-electron chi connectivity index (χ3n) is 4.22. The molecule has 1 atom stereocenters. The minimum absolute atomic E-state index is 0.00260. The number of nitrogens with zero attached hydrogens (tertiary/aromatic N) is 1. The Morgan fingerprint density at radius 1 is 1.44 bits per heavy atom. The first-order valence-corrected chi connectivity index (χ1v) is 8.14. The van der Waals surface area contributed by atoms with Crippen molar-refractivity contribution in [2.75, 3.05) is 6.61 Å². The molecule has 1 N–H and O–H groups in total. The molecule has 1 aromatic heterocycles. The van der Waals surface area contributed by atoms with E-state index in [-0.39, 0.29) is 11.7 Å². The lowest BCUT2D eigenvalue weighted by atomic mass is 9.90. The van der Waals surface area contributed by atoms with Gasteiger partial charge in [-0.05, 0) is 25.8 Å². The van der Waals surface area contributed by atoms with E-state index >= 15 is 0 Å². The van der Waals surface area contributed by atoms with E-state index in [1.807, 2.05) is 13.8 Å². The van der Waals surface area contributed by atoms with Crippen LogP contribution in [0.15, 0.2) is 22.6 Å². The van der Waals surface area contributed by atoms with Crippen LogP contribution >= 0.6 is 11.6 Å². The lowest BCUT2D eigenvalue weighted by molar-refractivity contribution is -0.125. The van der Waals surface area contributed by atoms with Gasteiger partial charge in [-0.2, -0.15) is 5.26 Å². The Balaban J connectivity index is 2.09. The number of halogens is 1. The van der Waals surface area contributed by atoms with Crippen LogP contribution in [0.5, 0.6) is 0 Å². The molecule has 25 heavy (non-hydrogen) atoms. The van der Waals surface area contributed by atoms with Gasteiger partial charge in [-0.3, -0.25) is 4.79 Å². The zero-order valence-corrected chi connectivity index (χ0v) is 15.2. The minimum atomic E-state index is -1.04. The normalized spacial score (nSPS) is 13.3. The standard InChI is InChI=1S/C18H19ClN2O4/c1-10(2)18(4,9-20)21-14(22)8-24-17(23)15-11(3)12-6-5-7-13(19)16(12)25-15/h5-7,10H,8H2,1-4H3,(H,21,22). The number of hydrogen-bond donors (Lipinski definition) is 1. The van der Waals surface area contributed by atoms with E-state index in [0.29, 0.717) is 21.6 Å². The van der Waals surface area contributed by atoms with Crippen molar-refractivity contribution in [3.63, 3.8) is 0 Å². The molecule has 132 valence electrons. The SMILES string of the molecule is Cc1c(C(=O)OCC(=O)NC(C)(C#N)C(C)C)oc2c(Cl)cccc12. The molecule has 0 saturated heterocycles. The summed E-state index contributed by atoms with van der Waals surface area (Å²) >= 11 is 6.05. The summed E-state index contributed by atoms with van der Waals surface area (Å²) in [6.07, 6.45) is 0. The highest BCUT2D eigenvalue weighted by molar-refractivity contribution is 6.35. The first-order chi connectivity index (χ1) is 11.7. The Hall–Kier alpha value is -2.52. The number of benzene rings is 1. The molecule has 1 heterocycles. The minimum Gasteiger partial charge on any atom is -0.450 e. The number of hydrogen-bond acceptors (Lipinski definition) is 5. The second-order valence-electron chi connectivity index (χ2n) is 6.27. The Morgan fingerprint density at radius 3 is 2.68 bits per heavy atom. The van der Waals surface area contributed by atoms with Gasteiger partial charge in [0.05, 0.1) is 11.1 Å². The number of esters is 1. The first-order valence-electron chi connectivity index (χ1n) is 7.76. The summed E-state index contributed by atoms with van der Waals surface area (Å²) in [5.74, 6) is -1.42. The van der Waals surface area contributed by atoms with Crippen LogP contribution in [0.4, 0.5) is 0 Å². The Kier molecular flexibility index (Phi) is 5.39. The molecule has 0 aliphatic carbocycles. The number of ether oxygens (including phenoxy) is 1. The summed E-state index contributed by atoms with van der Waals surface area (Å²) in [5, 5.41) is 12.9. The number of carbonyl (C=O) groups excluding carboxylic acids is 2. The summed E-state index contributed by atoms with van der Waals surface area (Å²) in [7, 11) is 0. The van der Waals surface area contributed by atoms with Crippen molar-refractivity contribution in [1.29, 1.82) is 5.26 Å². The van der Waals surface area contributed by atoms with E-state index in [9.17, 15) is 14.9 Å². The van der Waals surface area contributed by atoms with Gasteiger partial charge >= 0.3 is 5.97 Å². The highest BCUT2D eigenvalue weighted by Gasteiger charge is 2.30. The van der Waals surface area contributed by atoms with E-state index in [1.165, 1.54) is 0 Å². The maximum Gasteiger partial charge on any atom is 0.375 e. The molecule has 2 aromatic rings. The zero-order chi connectivity index (χ0) is 18.8. The van der Waals surface area contributed by atoms with Gasteiger partial charge in [-0.1, -0.05) is 37.6 Å². The van der Waals surface area contributed by atoms with Gasteiger partial charge in [0.15, 0.2) is 12.2 Å². The molecule has 0 aliphatic heterocycles. The molecular formula is C18H19ClN2O4. The second-order valence-corrected chi connectivity index (χ2v) is 6.67. The average molecular weight is 363 g/mol. The smallest absolute Gasteiger partial charge is 0.375 e. The van der Waals surface area contributed by atoms with Crippen molar-refractivity contribution in [1.82, 2.24) is 5.32 Å². The van der Waals surface area contributed by atoms with Gasteiger partial charge in [-0.25, -0.2) is 4.79 Å². The largest absolute Gasteiger partial charge is 0.450 e. The van der Waals surface area contributed by atoms with Gasteiger partial charge in [0, 0.05) is 10.9 Å². The molecule has 1 aromatic carbocycles. The fourth-order valence-corrected chi connectivity index (χ4v) is 2.44. The fourth-order valence-electron chi connectivity index (χ4n) is 2.23. The Morgan fingerprint density at radius 2 is 2.12 bits per heavy atom. The number of para-hydroxylation sites is 1. The molecule has 7 heteroatoms. The van der Waals surface area contributed by atoms with E-state index in [0.717, 1.165) is 0 Å². The van der Waals surface area contributed by atoms with Crippen molar-refractivity contribution in [2.45, 2.75) is 33.2 Å². The van der Waals surface area contributed by atoms with Crippen LogP contribution in [0.3, 0.4) is 0 Å². The number of rotatable bonds is 5. The van der Waals surface area contributed by atoms with Crippen LogP contribution in [0.25, 0.3) is 11.0 Å². The lowest BCUT2D eigenvalue weighted by Gasteiger charge is -2.27. The van der Waals surface area contributed by atoms with Gasteiger partial charge in [0.2, 0.25) is 5.76 Å². The van der Waals surface area contributed by atoms with Gasteiger partial charge < -0.3 is 14.5 Å². The highest BCUT2D eigenvalue weighted by atomic mass is 35.5. The van der Waals surface area contributed by atoms with Crippen molar-refractivity contribution < 1.29 is 18.7 Å². The predicted octanol–water partition coefficient (Wildman–Crippen LogP) is 3.61. The first kappa shape index (κ1) is 18.8. The maximum atomic E-state index is 12.2. The summed E-state index contributed by atoms with van der Waals surface area (Å²) in [4.78, 5) is 24.2. The van der Waals surface area contributed by atoms with Crippen LogP contribution < -0.4 is 5.32 Å². The maximum absolute atomic E-state index is 12.2. The van der Waals surface area contributed by atoms with Crippen molar-refractivity contribution in [2.24, 2.45) is 5.92 Å². The summed E-state index contributed by atoms with van der Waals surface area (Å²) in [6.45, 7) is 6.45. The number of amides is 1. The van der Waals surface area contributed by atoms with E-state index in [2.05, 4.69) is 11.4 Å². The second kappa shape index (κ2) is 7.16. The third kappa shape index (κ3) is 3.77. The number of nitriles is 1. The van der Waals surface area contributed by atoms with Crippen LogP contribution in [-0.4, -0.2) is 24.0 Å². The van der Waals surface area contributed by atoms with E-state index in [4.69, 9.17) is 20.8 Å². The molecule has 0 radical (unpaired) electrons. The van der Waals surface area contributed by atoms with Crippen molar-refractivity contribution >= 4 is 34.4 Å². The topological polar surface area (TPSA) is 92.3 Å². The summed E-state index contributed by atoms with van der Waals surface area (Å²) in [5.41, 5.74) is -0.0476. The lowest BCUT2D eigenvalue weighted by Crippen LogP contribution is -2.50. The van der Waals surface area contributed by atoms with Gasteiger partial charge in [0.25, 0.3) is 5.91 Å². The van der Waals surface area contributed by atoms with Gasteiger partial charge in [-0.15, -0.1) is 0 Å². The summed E-state index contributed by atoms with van der Waals surface area (Å²) in [6, 6.07) is 7.25. The Bertz CT molecular complexity index is 866. The predicted molar refractivity (Wildman–Crippen MR) is 93.2 cm³/mol. The molecule has 0 aliphatic rings. The number of fused-ring (bicyclic) bond motifs is 1. The van der Waals surface area contributed by atoms with Crippen LogP contribution in [-0.2, 0) is 9.53 Å². The molecule has 0 bridgehead atoms. The van der Waals surface area contributed by atoms with Crippen molar-refractivity contribution in [3.05, 3.63) is 34.5 Å². The van der Waals surface area contributed by atoms with E-state index in [1.54, 1.807) is 32.0 Å². The van der Waals surface area contributed by atoms with E-state index < -0.39 is 24.0 Å². The molecule has 0 spiro atoms. The fraction of sp³-hybridized carbons (Fsp3) is 0.389. The monoisotopic (exact) mass is 362 g/mol. The third-order valence-corrected chi connectivity index (χ3v) is 4.52. The molecule has 6 nitrogen and oxygen atoms in total. The molecule has 1 unspecified atom stereocenters. The molecule has 0 saturated carbocycles. The highest BCUT2D eigenvalue weighted by Crippen LogP contribution is 2.30. The number of carbonyl (C=O) groups is 2. The average Bonchev–Trinajstić information content (AvgIpc) is 2.91. The number of nitrogens with one attached hydrogen (secondary N) is 1. The Labute approximate surface area is 150 Å². The molecular weight excluding hydrogens is 344 g/mol. The van der Waals surface area contributed by atoms with Crippen LogP contribution in [0.1, 0.15) is 36.9 Å². The quantitative estimate of drug-likeness (QED) is 0.820. The molecule has 0 fully saturated rings. The summed E-state index contributed by atoms with van der Waals surface area (Å²) < 4.78 is 10.5.